The number of para-hydroxylation sites is 1. The Balaban J connectivity index is 2.13. The zero-order valence-corrected chi connectivity index (χ0v) is 11.8. The average molecular weight is 261 g/mol. The van der Waals surface area contributed by atoms with Crippen LogP contribution in [0.25, 0.3) is 0 Å². The van der Waals surface area contributed by atoms with Crippen LogP contribution >= 0.6 is 0 Å². The number of likely N-dealkylation sites (N-methyl/N-ethyl adjacent to an activating group) is 1. The van der Waals surface area contributed by atoms with Gasteiger partial charge in [-0.25, -0.2) is 0 Å². The van der Waals surface area contributed by atoms with E-state index in [0.717, 1.165) is 43.9 Å². The molecule has 1 aliphatic heterocycles. The highest BCUT2D eigenvalue weighted by Crippen LogP contribution is 2.23. The second kappa shape index (κ2) is 7.19. The van der Waals surface area contributed by atoms with E-state index in [9.17, 15) is 0 Å². The molecule has 0 fully saturated rings. The summed E-state index contributed by atoms with van der Waals surface area (Å²) in [6, 6.07) is 8.42. The average Bonchev–Trinajstić information content (AvgIpc) is 2.48. The van der Waals surface area contributed by atoms with Gasteiger partial charge in [0.1, 0.15) is 11.5 Å². The fourth-order valence-corrected chi connectivity index (χ4v) is 2.43. The van der Waals surface area contributed by atoms with Crippen LogP contribution in [0, 0.1) is 0 Å². The summed E-state index contributed by atoms with van der Waals surface area (Å²) in [4.78, 5) is 0. The van der Waals surface area contributed by atoms with E-state index >= 15 is 0 Å². The van der Waals surface area contributed by atoms with Crippen molar-refractivity contribution in [3.05, 3.63) is 41.7 Å². The normalized spacial score (nSPS) is 16.4. The van der Waals surface area contributed by atoms with Crippen LogP contribution in [0.15, 0.2) is 36.1 Å². The molecule has 1 heterocycles. The highest BCUT2D eigenvalue weighted by atomic mass is 16.5. The van der Waals surface area contributed by atoms with Crippen LogP contribution < -0.4 is 10.1 Å². The van der Waals surface area contributed by atoms with E-state index in [2.05, 4.69) is 30.4 Å². The van der Waals surface area contributed by atoms with Crippen LogP contribution in [0.2, 0.25) is 0 Å². The second-order valence-electron chi connectivity index (χ2n) is 4.72. The van der Waals surface area contributed by atoms with E-state index in [0.29, 0.717) is 0 Å². The summed E-state index contributed by atoms with van der Waals surface area (Å²) in [6.07, 6.45) is 5.34. The van der Waals surface area contributed by atoms with Crippen molar-refractivity contribution >= 4 is 0 Å². The number of methoxy groups -OCH3 is 1. The number of nitrogens with one attached hydrogen (secondary N) is 1. The molecule has 1 aromatic rings. The first-order valence-corrected chi connectivity index (χ1v) is 7.03. The minimum atomic E-state index is 0.238. The molecule has 0 saturated carbocycles. The third-order valence-corrected chi connectivity index (χ3v) is 3.37. The van der Waals surface area contributed by atoms with Gasteiger partial charge in [0.25, 0.3) is 0 Å². The van der Waals surface area contributed by atoms with Gasteiger partial charge in [0, 0.05) is 0 Å². The van der Waals surface area contributed by atoms with E-state index < -0.39 is 0 Å². The maximum absolute atomic E-state index is 5.80. The molecule has 0 spiro atoms. The third-order valence-electron chi connectivity index (χ3n) is 3.37. The Hall–Kier alpha value is -1.48. The molecule has 1 atom stereocenters. The van der Waals surface area contributed by atoms with Crippen LogP contribution in [0.4, 0.5) is 0 Å². The lowest BCUT2D eigenvalue weighted by atomic mass is 10.0. The number of benzene rings is 1. The Labute approximate surface area is 115 Å². The number of rotatable bonds is 6. The van der Waals surface area contributed by atoms with Gasteiger partial charge in [-0.1, -0.05) is 25.1 Å². The summed E-state index contributed by atoms with van der Waals surface area (Å²) >= 11 is 0. The summed E-state index contributed by atoms with van der Waals surface area (Å²) in [5.41, 5.74) is 1.21. The molecule has 1 unspecified atom stereocenters. The third kappa shape index (κ3) is 3.74. The number of hydrogen-bond donors (Lipinski definition) is 1. The molecular weight excluding hydrogens is 238 g/mol. The van der Waals surface area contributed by atoms with E-state index in [1.165, 1.54) is 5.56 Å². The fourth-order valence-electron chi connectivity index (χ4n) is 2.43. The monoisotopic (exact) mass is 261 g/mol. The lowest BCUT2D eigenvalue weighted by molar-refractivity contribution is 0.167. The van der Waals surface area contributed by atoms with Crippen molar-refractivity contribution in [2.75, 3.05) is 20.3 Å². The zero-order valence-electron chi connectivity index (χ0n) is 11.8. The molecule has 1 aromatic carbocycles. The predicted molar refractivity (Wildman–Crippen MR) is 77.4 cm³/mol. The van der Waals surface area contributed by atoms with Gasteiger partial charge in [0.2, 0.25) is 0 Å². The van der Waals surface area contributed by atoms with Crippen molar-refractivity contribution in [2.24, 2.45) is 0 Å². The first-order valence-electron chi connectivity index (χ1n) is 7.03. The largest absolute Gasteiger partial charge is 0.497 e. The van der Waals surface area contributed by atoms with E-state index in [1.807, 2.05) is 12.1 Å². The summed E-state index contributed by atoms with van der Waals surface area (Å²) in [5.74, 6) is 2.03. The van der Waals surface area contributed by atoms with Crippen LogP contribution in [0.3, 0.4) is 0 Å². The quantitative estimate of drug-likeness (QED) is 0.854. The highest BCUT2D eigenvalue weighted by molar-refractivity contribution is 5.34. The molecule has 19 heavy (non-hydrogen) atoms. The summed E-state index contributed by atoms with van der Waals surface area (Å²) in [7, 11) is 1.72. The maximum atomic E-state index is 5.80. The van der Waals surface area contributed by atoms with Gasteiger partial charge in [0.15, 0.2) is 0 Å². The van der Waals surface area contributed by atoms with E-state index in [4.69, 9.17) is 9.47 Å². The minimum absolute atomic E-state index is 0.238. The van der Waals surface area contributed by atoms with Crippen molar-refractivity contribution in [3.8, 4) is 5.75 Å². The molecule has 104 valence electrons. The second-order valence-corrected chi connectivity index (χ2v) is 4.72. The lowest BCUT2D eigenvalue weighted by Gasteiger charge is -2.25. The molecule has 0 bridgehead atoms. The zero-order chi connectivity index (χ0) is 13.5. The van der Waals surface area contributed by atoms with Crippen molar-refractivity contribution in [3.63, 3.8) is 0 Å². The number of ether oxygens (including phenoxy) is 2. The highest BCUT2D eigenvalue weighted by Gasteiger charge is 2.18. The Morgan fingerprint density at radius 1 is 1.37 bits per heavy atom. The summed E-state index contributed by atoms with van der Waals surface area (Å²) in [6.45, 7) is 3.89. The maximum Gasteiger partial charge on any atom is 0.122 e. The molecule has 0 aliphatic carbocycles. The standard InChI is InChI=1S/C16H23NO2/c1-3-17-14(16-10-6-7-11-19-16)12-13-8-4-5-9-15(13)18-2/h4-5,8-10,14,17H,3,6-7,11-12H2,1-2H3. The number of hydrogen-bond acceptors (Lipinski definition) is 3. The van der Waals surface area contributed by atoms with Crippen molar-refractivity contribution in [1.29, 1.82) is 0 Å². The molecule has 0 aromatic heterocycles. The molecule has 3 heteroatoms. The molecule has 2 rings (SSSR count). The van der Waals surface area contributed by atoms with E-state index in [1.54, 1.807) is 7.11 Å². The SMILES string of the molecule is CCNC(Cc1ccccc1OC)C1=CCCCO1. The Morgan fingerprint density at radius 3 is 2.89 bits per heavy atom. The van der Waals surface area contributed by atoms with Crippen molar-refractivity contribution < 1.29 is 9.47 Å². The van der Waals surface area contributed by atoms with Gasteiger partial charge >= 0.3 is 0 Å². The van der Waals surface area contributed by atoms with Gasteiger partial charge in [-0.3, -0.25) is 0 Å². The van der Waals surface area contributed by atoms with Crippen LogP contribution in [-0.4, -0.2) is 26.3 Å². The van der Waals surface area contributed by atoms with Crippen LogP contribution in [-0.2, 0) is 11.2 Å². The lowest BCUT2D eigenvalue weighted by Crippen LogP contribution is -2.34. The Bertz CT molecular complexity index is 429. The van der Waals surface area contributed by atoms with Gasteiger partial charge in [-0.15, -0.1) is 0 Å². The Morgan fingerprint density at radius 2 is 2.21 bits per heavy atom. The summed E-state index contributed by atoms with van der Waals surface area (Å²) < 4.78 is 11.2. The number of allylic oxidation sites excluding steroid dienone is 1. The van der Waals surface area contributed by atoms with Gasteiger partial charge < -0.3 is 14.8 Å². The topological polar surface area (TPSA) is 30.5 Å². The molecule has 3 nitrogen and oxygen atoms in total. The fraction of sp³-hybridized carbons (Fsp3) is 0.500. The molecule has 0 radical (unpaired) electrons. The first kappa shape index (κ1) is 13.9. The van der Waals surface area contributed by atoms with Gasteiger partial charge in [-0.05, 0) is 43.5 Å². The first-order chi connectivity index (χ1) is 9.35. The molecule has 1 N–H and O–H groups in total. The Kier molecular flexibility index (Phi) is 5.28. The summed E-state index contributed by atoms with van der Waals surface area (Å²) in [5, 5.41) is 3.50. The molecule has 0 saturated heterocycles. The van der Waals surface area contributed by atoms with Crippen molar-refractivity contribution in [2.45, 2.75) is 32.2 Å². The minimum Gasteiger partial charge on any atom is -0.497 e. The molecule has 1 aliphatic rings. The van der Waals surface area contributed by atoms with Crippen LogP contribution in [0.5, 0.6) is 5.75 Å². The predicted octanol–water partition coefficient (Wildman–Crippen LogP) is 2.91. The smallest absolute Gasteiger partial charge is 0.122 e. The van der Waals surface area contributed by atoms with Gasteiger partial charge in [-0.2, -0.15) is 0 Å². The van der Waals surface area contributed by atoms with Gasteiger partial charge in [0.05, 0.1) is 19.8 Å². The molecule has 0 amide bonds. The van der Waals surface area contributed by atoms with E-state index in [-0.39, 0.29) is 6.04 Å². The van der Waals surface area contributed by atoms with Crippen molar-refractivity contribution in [1.82, 2.24) is 5.32 Å². The molecular formula is C16H23NO2. The van der Waals surface area contributed by atoms with Crippen LogP contribution in [0.1, 0.15) is 25.3 Å².